The third-order valence-corrected chi connectivity index (χ3v) is 6.13. The van der Waals surface area contributed by atoms with Crippen LogP contribution in [-0.2, 0) is 26.1 Å². The van der Waals surface area contributed by atoms with Gasteiger partial charge in [-0.05, 0) is 38.1 Å². The molecule has 0 radical (unpaired) electrons. The topological polar surface area (TPSA) is 102 Å². The highest BCUT2D eigenvalue weighted by Crippen LogP contribution is 2.24. The van der Waals surface area contributed by atoms with E-state index in [1.807, 2.05) is 24.3 Å². The first-order chi connectivity index (χ1) is 14.9. The molecule has 168 valence electrons. The molecule has 10 heteroatoms. The van der Waals surface area contributed by atoms with Crippen LogP contribution in [-0.4, -0.2) is 76.6 Å². The Kier molecular flexibility index (Phi) is 7.67. The lowest BCUT2D eigenvalue weighted by Gasteiger charge is -2.34. The van der Waals surface area contributed by atoms with Crippen LogP contribution >= 0.6 is 0 Å². The number of ether oxygens (including phenoxy) is 2. The summed E-state index contributed by atoms with van der Waals surface area (Å²) in [6.45, 7) is 5.46. The quantitative estimate of drug-likeness (QED) is 0.639. The molecule has 1 atom stereocenters. The van der Waals surface area contributed by atoms with Crippen molar-refractivity contribution >= 4 is 22.8 Å². The number of methoxy groups -OCH3 is 1. The van der Waals surface area contributed by atoms with E-state index in [0.717, 1.165) is 11.3 Å². The monoisotopic (exact) mass is 449 g/mol. The van der Waals surface area contributed by atoms with Crippen LogP contribution in [0.1, 0.15) is 18.4 Å². The number of nitrogens with zero attached hydrogens (tertiary/aromatic N) is 3. The molecular formula is C21H27N3O6S. The Morgan fingerprint density at radius 1 is 1.13 bits per heavy atom. The van der Waals surface area contributed by atoms with Gasteiger partial charge in [-0.25, -0.2) is 9.78 Å². The van der Waals surface area contributed by atoms with Crippen molar-refractivity contribution in [3.63, 3.8) is 0 Å². The summed E-state index contributed by atoms with van der Waals surface area (Å²) in [5, 5.41) is 0. The number of aryl methyl sites for hydroxylation is 1. The van der Waals surface area contributed by atoms with Crippen LogP contribution in [0.4, 0.5) is 4.79 Å². The van der Waals surface area contributed by atoms with E-state index in [9.17, 15) is 13.8 Å². The number of hydrogen-bond acceptors (Lipinski definition) is 7. The van der Waals surface area contributed by atoms with Crippen molar-refractivity contribution in [3.8, 4) is 17.2 Å². The number of aromatic nitrogens is 1. The smallest absolute Gasteiger partial charge is 0.409 e. The molecule has 2 heterocycles. The molecule has 1 fully saturated rings. The minimum Gasteiger partial charge on any atom is -0.497 e. The molecule has 0 saturated carbocycles. The normalized spacial score (nSPS) is 14.9. The van der Waals surface area contributed by atoms with Gasteiger partial charge < -0.3 is 23.7 Å². The molecule has 0 N–H and O–H groups in total. The Morgan fingerprint density at radius 2 is 1.77 bits per heavy atom. The van der Waals surface area contributed by atoms with Gasteiger partial charge in [0.05, 0.1) is 25.2 Å². The summed E-state index contributed by atoms with van der Waals surface area (Å²) in [6, 6.07) is 7.30. The van der Waals surface area contributed by atoms with Gasteiger partial charge in [-0.3, -0.25) is 9.00 Å². The van der Waals surface area contributed by atoms with Crippen molar-refractivity contribution < 1.29 is 27.7 Å². The maximum atomic E-state index is 12.6. The fourth-order valence-electron chi connectivity index (χ4n) is 3.20. The van der Waals surface area contributed by atoms with Crippen LogP contribution in [0.15, 0.2) is 28.7 Å². The number of oxazole rings is 1. The van der Waals surface area contributed by atoms with Crippen LogP contribution in [0.5, 0.6) is 5.75 Å². The van der Waals surface area contributed by atoms with Crippen molar-refractivity contribution in [2.75, 3.05) is 45.6 Å². The molecule has 2 amide bonds. The van der Waals surface area contributed by atoms with Gasteiger partial charge in [-0.2, -0.15) is 0 Å². The highest BCUT2D eigenvalue weighted by Gasteiger charge is 2.26. The molecule has 0 spiro atoms. The fraction of sp³-hybridized carbons (Fsp3) is 0.476. The molecular weight excluding hydrogens is 422 g/mol. The number of carbonyl (C=O) groups excluding carboxylic acids is 2. The molecule has 1 aliphatic heterocycles. The van der Waals surface area contributed by atoms with Gasteiger partial charge in [0.1, 0.15) is 17.3 Å². The van der Waals surface area contributed by atoms with Crippen molar-refractivity contribution in [3.05, 3.63) is 35.7 Å². The van der Waals surface area contributed by atoms with E-state index >= 15 is 0 Å². The average Bonchev–Trinajstić information content (AvgIpc) is 3.14. The van der Waals surface area contributed by atoms with Crippen molar-refractivity contribution in [2.45, 2.75) is 19.6 Å². The molecule has 0 aliphatic carbocycles. The highest BCUT2D eigenvalue weighted by atomic mass is 32.2. The minimum atomic E-state index is -1.42. The second kappa shape index (κ2) is 10.4. The molecule has 1 aliphatic rings. The molecule has 1 saturated heterocycles. The van der Waals surface area contributed by atoms with Gasteiger partial charge in [0.2, 0.25) is 11.8 Å². The summed E-state index contributed by atoms with van der Waals surface area (Å²) in [4.78, 5) is 31.9. The van der Waals surface area contributed by atoms with Gasteiger partial charge in [0.25, 0.3) is 0 Å². The van der Waals surface area contributed by atoms with Crippen molar-refractivity contribution in [1.82, 2.24) is 14.8 Å². The zero-order chi connectivity index (χ0) is 22.4. The first kappa shape index (κ1) is 22.8. The second-order valence-electron chi connectivity index (χ2n) is 7.05. The first-order valence-electron chi connectivity index (χ1n) is 10.1. The molecule has 9 nitrogen and oxygen atoms in total. The summed E-state index contributed by atoms with van der Waals surface area (Å²) in [5.41, 5.74) is 1.36. The van der Waals surface area contributed by atoms with E-state index in [1.165, 1.54) is 0 Å². The number of hydrogen-bond donors (Lipinski definition) is 0. The lowest BCUT2D eigenvalue weighted by Crippen LogP contribution is -2.51. The van der Waals surface area contributed by atoms with E-state index in [1.54, 1.807) is 30.8 Å². The van der Waals surface area contributed by atoms with E-state index in [0.29, 0.717) is 50.1 Å². The standard InChI is InChI=1S/C21H27N3O6S/c1-4-29-21(26)24-11-9-23(10-12-24)19(25)14-31(27)13-18-15(2)30-20(22-18)16-5-7-17(28-3)8-6-16/h5-8H,4,9-14H2,1-3H3/t31-/m0/s1. The van der Waals surface area contributed by atoms with E-state index in [2.05, 4.69) is 4.98 Å². The van der Waals surface area contributed by atoms with Crippen LogP contribution in [0.3, 0.4) is 0 Å². The molecule has 1 aromatic heterocycles. The van der Waals surface area contributed by atoms with Crippen LogP contribution < -0.4 is 4.74 Å². The minimum absolute atomic E-state index is 0.0937. The van der Waals surface area contributed by atoms with Crippen molar-refractivity contribution in [1.29, 1.82) is 0 Å². The summed E-state index contributed by atoms with van der Waals surface area (Å²) in [5.74, 6) is 1.60. The fourth-order valence-corrected chi connectivity index (χ4v) is 4.34. The van der Waals surface area contributed by atoms with Crippen molar-refractivity contribution in [2.24, 2.45) is 0 Å². The SMILES string of the molecule is CCOC(=O)N1CCN(C(=O)C[S@@](=O)Cc2nc(-c3ccc(OC)cc3)oc2C)CC1. The maximum Gasteiger partial charge on any atom is 0.409 e. The number of rotatable bonds is 7. The molecule has 2 aromatic rings. The van der Waals surface area contributed by atoms with Gasteiger partial charge in [-0.1, -0.05) is 0 Å². The number of carbonyl (C=O) groups is 2. The second-order valence-corrected chi connectivity index (χ2v) is 8.50. The summed E-state index contributed by atoms with van der Waals surface area (Å²) in [6.07, 6.45) is -0.368. The Balaban J connectivity index is 1.53. The third kappa shape index (κ3) is 5.84. The lowest BCUT2D eigenvalue weighted by atomic mass is 10.2. The Hall–Kier alpha value is -2.88. The third-order valence-electron chi connectivity index (χ3n) is 4.97. The molecule has 0 bridgehead atoms. The predicted octanol–water partition coefficient (Wildman–Crippen LogP) is 2.21. The van der Waals surface area contributed by atoms with Crippen LogP contribution in [0.2, 0.25) is 0 Å². The molecule has 3 rings (SSSR count). The predicted molar refractivity (Wildman–Crippen MR) is 115 cm³/mol. The Bertz CT molecular complexity index is 935. The number of amides is 2. The van der Waals surface area contributed by atoms with Gasteiger partial charge in [0.15, 0.2) is 0 Å². The average molecular weight is 450 g/mol. The zero-order valence-electron chi connectivity index (χ0n) is 18.0. The number of piperazine rings is 1. The zero-order valence-corrected chi connectivity index (χ0v) is 18.8. The molecule has 0 unspecified atom stereocenters. The summed E-state index contributed by atoms with van der Waals surface area (Å²) < 4.78 is 28.4. The largest absolute Gasteiger partial charge is 0.497 e. The molecule has 31 heavy (non-hydrogen) atoms. The Labute approximate surface area is 183 Å². The van der Waals surface area contributed by atoms with Gasteiger partial charge >= 0.3 is 6.09 Å². The van der Waals surface area contributed by atoms with E-state index in [4.69, 9.17) is 13.9 Å². The maximum absolute atomic E-state index is 12.6. The Morgan fingerprint density at radius 3 is 2.39 bits per heavy atom. The van der Waals surface area contributed by atoms with E-state index < -0.39 is 10.8 Å². The lowest BCUT2D eigenvalue weighted by molar-refractivity contribution is -0.129. The van der Waals surface area contributed by atoms with Crippen LogP contribution in [0.25, 0.3) is 11.5 Å². The number of benzene rings is 1. The van der Waals surface area contributed by atoms with Gasteiger partial charge in [-0.15, -0.1) is 0 Å². The first-order valence-corrected chi connectivity index (χ1v) is 11.5. The molecule has 1 aromatic carbocycles. The van der Waals surface area contributed by atoms with E-state index in [-0.39, 0.29) is 23.5 Å². The summed E-state index contributed by atoms with van der Waals surface area (Å²) in [7, 11) is 0.176. The highest BCUT2D eigenvalue weighted by molar-refractivity contribution is 7.84. The van der Waals surface area contributed by atoms with Gasteiger partial charge in [0, 0.05) is 42.5 Å². The summed E-state index contributed by atoms with van der Waals surface area (Å²) >= 11 is 0. The van der Waals surface area contributed by atoms with Crippen LogP contribution in [0, 0.1) is 6.92 Å².